The largest absolute Gasteiger partial charge is 0.277 e. The molecule has 0 N–H and O–H groups in total. The molecule has 10 aromatic rings. The number of rotatable bonds is 4. The third-order valence-electron chi connectivity index (χ3n) is 9.23. The van der Waals surface area contributed by atoms with Crippen molar-refractivity contribution in [3.63, 3.8) is 0 Å². The summed E-state index contributed by atoms with van der Waals surface area (Å²) in [6.45, 7) is 0. The molecular weight excluding hydrogens is 605 g/mol. The first-order valence-electron chi connectivity index (χ1n) is 16.0. The summed E-state index contributed by atoms with van der Waals surface area (Å²) in [6.07, 6.45) is 0. The number of benzene rings is 7. The molecule has 224 valence electrons. The van der Waals surface area contributed by atoms with E-state index in [1.807, 2.05) is 47.7 Å². The quantitative estimate of drug-likeness (QED) is 0.194. The molecule has 0 saturated heterocycles. The lowest BCUT2D eigenvalue weighted by atomic mass is 10.00. The maximum Gasteiger partial charge on any atom is 0.238 e. The van der Waals surface area contributed by atoms with E-state index in [1.165, 1.54) is 30.9 Å². The Bertz CT molecular complexity index is 2780. The molecule has 0 unspecified atom stereocenters. The van der Waals surface area contributed by atoms with Gasteiger partial charge in [0, 0.05) is 47.6 Å². The van der Waals surface area contributed by atoms with E-state index in [-0.39, 0.29) is 0 Å². The molecule has 10 rings (SSSR count). The van der Waals surface area contributed by atoms with Crippen molar-refractivity contribution in [1.29, 1.82) is 0 Å². The number of hydrogen-bond acceptors (Lipinski definition) is 4. The summed E-state index contributed by atoms with van der Waals surface area (Å²) in [5, 5.41) is 7.28. The zero-order valence-corrected chi connectivity index (χ0v) is 26.5. The normalized spacial score (nSPS) is 11.8. The van der Waals surface area contributed by atoms with Gasteiger partial charge in [-0.05, 0) is 40.6 Å². The zero-order valence-electron chi connectivity index (χ0n) is 25.7. The molecule has 0 amide bonds. The maximum atomic E-state index is 5.21. The third kappa shape index (κ3) is 4.25. The Morgan fingerprint density at radius 2 is 1.04 bits per heavy atom. The molecule has 0 spiro atoms. The van der Waals surface area contributed by atoms with Crippen LogP contribution >= 0.6 is 11.3 Å². The highest BCUT2D eigenvalue weighted by Gasteiger charge is 2.21. The minimum Gasteiger partial charge on any atom is -0.277 e. The number of nitrogens with zero attached hydrogens (tertiary/aromatic N) is 4. The number of hydrogen-bond donors (Lipinski definition) is 0. The third-order valence-corrected chi connectivity index (χ3v) is 10.4. The summed E-state index contributed by atoms with van der Waals surface area (Å²) in [5.74, 6) is 1.87. The first kappa shape index (κ1) is 27.0. The summed E-state index contributed by atoms with van der Waals surface area (Å²) >= 11 is 1.84. The molecule has 0 atom stereocenters. The molecule has 0 aliphatic carbocycles. The van der Waals surface area contributed by atoms with Crippen molar-refractivity contribution >= 4 is 64.1 Å². The fraction of sp³-hybridized carbons (Fsp3) is 0. The van der Waals surface area contributed by atoms with Crippen LogP contribution in [0.15, 0.2) is 158 Å². The molecule has 0 radical (unpaired) electrons. The Labute approximate surface area is 280 Å². The van der Waals surface area contributed by atoms with E-state index in [0.717, 1.165) is 44.1 Å². The van der Waals surface area contributed by atoms with Gasteiger partial charge in [0.1, 0.15) is 0 Å². The van der Waals surface area contributed by atoms with Gasteiger partial charge in [-0.3, -0.25) is 4.57 Å². The van der Waals surface area contributed by atoms with Gasteiger partial charge in [-0.1, -0.05) is 133 Å². The summed E-state index contributed by atoms with van der Waals surface area (Å²) in [5.41, 5.74) is 6.32. The fourth-order valence-electron chi connectivity index (χ4n) is 6.98. The standard InChI is InChI=1S/C43H26N4S/c1-3-12-27(13-4-1)41-44-42(28-14-5-2-6-15-28)46-43(45-41)47-37-25-30-17-8-7-16-29(30)24-36(37)35-20-11-19-32(40(35)47)31-22-23-34-33-18-9-10-21-38(33)48-39(34)26-31/h1-26H. The zero-order chi connectivity index (χ0) is 31.6. The second kappa shape index (κ2) is 10.7. The molecule has 3 aromatic heterocycles. The Kier molecular flexibility index (Phi) is 6.01. The monoisotopic (exact) mass is 630 g/mol. The number of para-hydroxylation sites is 1. The van der Waals surface area contributed by atoms with Gasteiger partial charge in [-0.2, -0.15) is 9.97 Å². The average Bonchev–Trinajstić information content (AvgIpc) is 3.69. The molecule has 0 aliphatic heterocycles. The first-order chi connectivity index (χ1) is 23.8. The van der Waals surface area contributed by atoms with Crippen LogP contribution in [0.5, 0.6) is 0 Å². The predicted molar refractivity (Wildman–Crippen MR) is 201 cm³/mol. The Hall–Kier alpha value is -6.17. The van der Waals surface area contributed by atoms with E-state index in [1.54, 1.807) is 0 Å². The van der Waals surface area contributed by atoms with Gasteiger partial charge >= 0.3 is 0 Å². The maximum absolute atomic E-state index is 5.21. The lowest BCUT2D eigenvalue weighted by Gasteiger charge is -2.13. The van der Waals surface area contributed by atoms with Gasteiger partial charge in [-0.25, -0.2) is 4.98 Å². The molecule has 0 bridgehead atoms. The van der Waals surface area contributed by atoms with Gasteiger partial charge < -0.3 is 0 Å². The second-order valence-electron chi connectivity index (χ2n) is 12.1. The van der Waals surface area contributed by atoms with Gasteiger partial charge in [0.15, 0.2) is 11.6 Å². The smallest absolute Gasteiger partial charge is 0.238 e. The van der Waals surface area contributed by atoms with Crippen LogP contribution < -0.4 is 0 Å². The highest BCUT2D eigenvalue weighted by Crippen LogP contribution is 2.42. The van der Waals surface area contributed by atoms with Gasteiger partial charge in [0.05, 0.1) is 11.0 Å². The minimum absolute atomic E-state index is 0.591. The summed E-state index contributed by atoms with van der Waals surface area (Å²) < 4.78 is 4.83. The van der Waals surface area contributed by atoms with Crippen molar-refractivity contribution in [1.82, 2.24) is 19.5 Å². The molecule has 48 heavy (non-hydrogen) atoms. The number of fused-ring (bicyclic) bond motifs is 7. The van der Waals surface area contributed by atoms with Crippen molar-refractivity contribution in [3.8, 4) is 39.9 Å². The van der Waals surface area contributed by atoms with E-state index in [2.05, 4.69) is 126 Å². The van der Waals surface area contributed by atoms with Crippen LogP contribution in [-0.2, 0) is 0 Å². The van der Waals surface area contributed by atoms with Gasteiger partial charge in [0.25, 0.3) is 0 Å². The van der Waals surface area contributed by atoms with E-state index in [9.17, 15) is 0 Å². The highest BCUT2D eigenvalue weighted by atomic mass is 32.1. The second-order valence-corrected chi connectivity index (χ2v) is 13.2. The molecule has 3 heterocycles. The topological polar surface area (TPSA) is 43.6 Å². The van der Waals surface area contributed by atoms with Crippen LogP contribution in [-0.4, -0.2) is 19.5 Å². The molecule has 5 heteroatoms. The van der Waals surface area contributed by atoms with Crippen molar-refractivity contribution in [2.24, 2.45) is 0 Å². The van der Waals surface area contributed by atoms with Gasteiger partial charge in [-0.15, -0.1) is 11.3 Å². The molecular formula is C43H26N4S. The SMILES string of the molecule is c1ccc(-c2nc(-c3ccccc3)nc(-n3c4cc5ccccc5cc4c4cccc(-c5ccc6c(c5)sc5ccccc56)c43)n2)cc1. The van der Waals surface area contributed by atoms with Crippen LogP contribution in [0.2, 0.25) is 0 Å². The predicted octanol–water partition coefficient (Wildman–Crippen LogP) is 11.5. The van der Waals surface area contributed by atoms with E-state index in [0.29, 0.717) is 17.6 Å². The Morgan fingerprint density at radius 1 is 0.417 bits per heavy atom. The average molecular weight is 631 g/mol. The van der Waals surface area contributed by atoms with E-state index >= 15 is 0 Å². The fourth-order valence-corrected chi connectivity index (χ4v) is 8.13. The van der Waals surface area contributed by atoms with E-state index in [4.69, 9.17) is 15.0 Å². The highest BCUT2D eigenvalue weighted by molar-refractivity contribution is 7.25. The van der Waals surface area contributed by atoms with Crippen LogP contribution in [0.4, 0.5) is 0 Å². The summed E-state index contributed by atoms with van der Waals surface area (Å²) in [7, 11) is 0. The van der Waals surface area contributed by atoms with Crippen LogP contribution in [0.25, 0.3) is 92.6 Å². The summed E-state index contributed by atoms with van der Waals surface area (Å²) in [4.78, 5) is 15.4. The molecule has 0 aliphatic rings. The van der Waals surface area contributed by atoms with Gasteiger partial charge in [0.2, 0.25) is 5.95 Å². The van der Waals surface area contributed by atoms with Crippen molar-refractivity contribution in [3.05, 3.63) is 158 Å². The Morgan fingerprint density at radius 3 is 1.79 bits per heavy atom. The number of thiophene rings is 1. The number of aromatic nitrogens is 4. The molecule has 7 aromatic carbocycles. The van der Waals surface area contributed by atoms with Crippen molar-refractivity contribution < 1.29 is 0 Å². The molecule has 4 nitrogen and oxygen atoms in total. The molecule has 0 saturated carbocycles. The lowest BCUT2D eigenvalue weighted by Crippen LogP contribution is -2.07. The van der Waals surface area contributed by atoms with Crippen LogP contribution in [0.1, 0.15) is 0 Å². The molecule has 0 fully saturated rings. The summed E-state index contributed by atoms with van der Waals surface area (Å²) in [6, 6.07) is 55.6. The van der Waals surface area contributed by atoms with Crippen LogP contribution in [0, 0.1) is 0 Å². The van der Waals surface area contributed by atoms with Crippen molar-refractivity contribution in [2.45, 2.75) is 0 Å². The Balaban J connectivity index is 1.32. The van der Waals surface area contributed by atoms with Crippen molar-refractivity contribution in [2.75, 3.05) is 0 Å². The lowest BCUT2D eigenvalue weighted by molar-refractivity contribution is 0.954. The van der Waals surface area contributed by atoms with E-state index < -0.39 is 0 Å². The minimum atomic E-state index is 0.591. The first-order valence-corrected chi connectivity index (χ1v) is 16.9. The van der Waals surface area contributed by atoms with Crippen LogP contribution in [0.3, 0.4) is 0 Å².